The highest BCUT2D eigenvalue weighted by Gasteiger charge is 2.31. The Morgan fingerprint density at radius 1 is 0.971 bits per heavy atom. The molecular formula is C27H30Cl2N2O3. The second-order valence-electron chi connectivity index (χ2n) is 9.15. The van der Waals surface area contributed by atoms with Crippen LogP contribution in [0, 0.1) is 0 Å². The number of hydrogen-bond donors (Lipinski definition) is 1. The Kier molecular flexibility index (Phi) is 8.45. The van der Waals surface area contributed by atoms with Gasteiger partial charge in [0.1, 0.15) is 11.8 Å². The predicted octanol–water partition coefficient (Wildman–Crippen LogP) is 6.25. The van der Waals surface area contributed by atoms with Crippen LogP contribution in [0.15, 0.2) is 60.7 Å². The monoisotopic (exact) mass is 500 g/mol. The molecule has 180 valence electrons. The number of nitrogens with one attached hydrogen (secondary N) is 1. The highest BCUT2D eigenvalue weighted by molar-refractivity contribution is 6.36. The number of hydrogen-bond acceptors (Lipinski definition) is 3. The Bertz CT molecular complexity index is 1150. The smallest absolute Gasteiger partial charge is 0.261 e. The van der Waals surface area contributed by atoms with Gasteiger partial charge < -0.3 is 15.0 Å². The summed E-state index contributed by atoms with van der Waals surface area (Å²) in [5, 5.41) is 5.78. The van der Waals surface area contributed by atoms with E-state index in [0.29, 0.717) is 27.8 Å². The van der Waals surface area contributed by atoms with Crippen molar-refractivity contribution in [3.63, 3.8) is 0 Å². The zero-order chi connectivity index (χ0) is 24.9. The third kappa shape index (κ3) is 6.43. The van der Waals surface area contributed by atoms with Crippen LogP contribution >= 0.6 is 23.2 Å². The maximum absolute atomic E-state index is 13.5. The lowest BCUT2D eigenvalue weighted by Crippen LogP contribution is -2.54. The first kappa shape index (κ1) is 25.9. The molecule has 0 unspecified atom stereocenters. The number of carbonyl (C=O) groups is 2. The fourth-order valence-corrected chi connectivity index (χ4v) is 4.29. The van der Waals surface area contributed by atoms with E-state index < -0.39 is 11.6 Å². The van der Waals surface area contributed by atoms with E-state index in [9.17, 15) is 9.59 Å². The average molecular weight is 501 g/mol. The van der Waals surface area contributed by atoms with Crippen LogP contribution in [0.5, 0.6) is 5.75 Å². The molecule has 0 radical (unpaired) electrons. The number of benzene rings is 3. The Morgan fingerprint density at radius 3 is 2.24 bits per heavy atom. The summed E-state index contributed by atoms with van der Waals surface area (Å²) in [6, 6.07) is 18.0. The van der Waals surface area contributed by atoms with Crippen LogP contribution in [0.1, 0.15) is 39.7 Å². The minimum atomic E-state index is -0.713. The van der Waals surface area contributed by atoms with Crippen LogP contribution in [0.2, 0.25) is 10.0 Å². The largest absolute Gasteiger partial charge is 0.483 e. The zero-order valence-electron chi connectivity index (χ0n) is 19.9. The molecule has 1 N–H and O–H groups in total. The lowest BCUT2D eigenvalue weighted by Gasteiger charge is -2.33. The topological polar surface area (TPSA) is 58.6 Å². The molecular weight excluding hydrogens is 471 g/mol. The molecule has 0 saturated carbocycles. The van der Waals surface area contributed by atoms with E-state index in [1.807, 2.05) is 70.2 Å². The maximum atomic E-state index is 13.5. The molecule has 2 amide bonds. The highest BCUT2D eigenvalue weighted by atomic mass is 35.5. The first-order valence-corrected chi connectivity index (χ1v) is 12.0. The molecule has 0 spiro atoms. The molecule has 0 bridgehead atoms. The van der Waals surface area contributed by atoms with E-state index in [4.69, 9.17) is 27.9 Å². The zero-order valence-corrected chi connectivity index (χ0v) is 21.4. The predicted molar refractivity (Wildman–Crippen MR) is 138 cm³/mol. The number of nitrogens with zero attached hydrogens (tertiary/aromatic N) is 1. The standard InChI is InChI=1S/C27H30Cl2N2O3/c1-5-23(26(33)30-27(2,3)4)31(16-20-21(28)13-9-14-22(20)29)25(32)17-34-24-15-8-11-18-10-6-7-12-19(18)24/h6-15,23H,5,16-17H2,1-4H3,(H,30,33)/t23-/m1/s1. The van der Waals surface area contributed by atoms with Crippen molar-refractivity contribution in [1.82, 2.24) is 10.2 Å². The summed E-state index contributed by atoms with van der Waals surface area (Å²) in [5.41, 5.74) is 0.145. The molecule has 0 aliphatic rings. The lowest BCUT2D eigenvalue weighted by atomic mass is 10.1. The molecule has 0 heterocycles. The highest BCUT2D eigenvalue weighted by Crippen LogP contribution is 2.28. The third-order valence-electron chi connectivity index (χ3n) is 5.38. The number of rotatable bonds is 8. The molecule has 3 aromatic rings. The molecule has 0 saturated heterocycles. The van der Waals surface area contributed by atoms with E-state index in [0.717, 1.165) is 10.8 Å². The summed E-state index contributed by atoms with van der Waals surface area (Å²) in [4.78, 5) is 28.1. The maximum Gasteiger partial charge on any atom is 0.261 e. The third-order valence-corrected chi connectivity index (χ3v) is 6.08. The minimum absolute atomic E-state index is 0.0896. The molecule has 7 heteroatoms. The number of carbonyl (C=O) groups excluding carboxylic acids is 2. The van der Waals surface area contributed by atoms with Crippen molar-refractivity contribution in [2.45, 2.75) is 52.2 Å². The van der Waals surface area contributed by atoms with Crippen LogP contribution in [0.25, 0.3) is 10.8 Å². The number of amides is 2. The van der Waals surface area contributed by atoms with Gasteiger partial charge >= 0.3 is 0 Å². The van der Waals surface area contributed by atoms with E-state index in [1.54, 1.807) is 18.2 Å². The van der Waals surface area contributed by atoms with Crippen molar-refractivity contribution in [1.29, 1.82) is 0 Å². The lowest BCUT2D eigenvalue weighted by molar-refractivity contribution is -0.143. The Labute approximate surface area is 211 Å². The van der Waals surface area contributed by atoms with Crippen LogP contribution in [0.4, 0.5) is 0 Å². The van der Waals surface area contributed by atoms with Crippen LogP contribution in [-0.4, -0.2) is 34.9 Å². The van der Waals surface area contributed by atoms with E-state index in [2.05, 4.69) is 5.32 Å². The number of ether oxygens (including phenoxy) is 1. The van der Waals surface area contributed by atoms with Crippen molar-refractivity contribution in [3.05, 3.63) is 76.3 Å². The first-order valence-electron chi connectivity index (χ1n) is 11.3. The SMILES string of the molecule is CC[C@H](C(=O)NC(C)(C)C)N(Cc1c(Cl)cccc1Cl)C(=O)COc1cccc2ccccc12. The second-order valence-corrected chi connectivity index (χ2v) is 9.97. The molecule has 34 heavy (non-hydrogen) atoms. The van der Waals surface area contributed by atoms with Crippen LogP contribution < -0.4 is 10.1 Å². The van der Waals surface area contributed by atoms with Crippen molar-refractivity contribution < 1.29 is 14.3 Å². The summed E-state index contributed by atoms with van der Waals surface area (Å²) in [6.07, 6.45) is 0.421. The van der Waals surface area contributed by atoms with Gasteiger partial charge in [0.05, 0.1) is 0 Å². The summed E-state index contributed by atoms with van der Waals surface area (Å²) in [6.45, 7) is 7.43. The Hall–Kier alpha value is -2.76. The van der Waals surface area contributed by atoms with Gasteiger partial charge in [-0.2, -0.15) is 0 Å². The van der Waals surface area contributed by atoms with Gasteiger partial charge in [-0.05, 0) is 50.8 Å². The van der Waals surface area contributed by atoms with E-state index >= 15 is 0 Å². The molecule has 0 aliphatic carbocycles. The number of halogens is 2. The van der Waals surface area contributed by atoms with E-state index in [-0.39, 0.29) is 25.0 Å². The molecule has 1 atom stereocenters. The minimum Gasteiger partial charge on any atom is -0.483 e. The number of fused-ring (bicyclic) bond motifs is 1. The first-order chi connectivity index (χ1) is 16.1. The summed E-state index contributed by atoms with van der Waals surface area (Å²) >= 11 is 12.8. The van der Waals surface area contributed by atoms with Gasteiger partial charge in [-0.25, -0.2) is 0 Å². The van der Waals surface area contributed by atoms with Gasteiger partial charge in [0.15, 0.2) is 6.61 Å². The molecule has 3 rings (SSSR count). The Morgan fingerprint density at radius 2 is 1.59 bits per heavy atom. The Balaban J connectivity index is 1.89. The van der Waals surface area contributed by atoms with Crippen LogP contribution in [-0.2, 0) is 16.1 Å². The van der Waals surface area contributed by atoms with Crippen molar-refractivity contribution in [3.8, 4) is 5.75 Å². The van der Waals surface area contributed by atoms with Crippen molar-refractivity contribution in [2.24, 2.45) is 0 Å². The van der Waals surface area contributed by atoms with Crippen LogP contribution in [0.3, 0.4) is 0 Å². The summed E-state index contributed by atoms with van der Waals surface area (Å²) < 4.78 is 5.95. The molecule has 0 fully saturated rings. The summed E-state index contributed by atoms with van der Waals surface area (Å²) in [5.74, 6) is 0.0332. The fourth-order valence-electron chi connectivity index (χ4n) is 3.77. The molecule has 3 aromatic carbocycles. The average Bonchev–Trinajstić information content (AvgIpc) is 2.78. The fraction of sp³-hybridized carbons (Fsp3) is 0.333. The quantitative estimate of drug-likeness (QED) is 0.397. The molecule has 0 aliphatic heterocycles. The molecule has 5 nitrogen and oxygen atoms in total. The van der Waals surface area contributed by atoms with Crippen molar-refractivity contribution in [2.75, 3.05) is 6.61 Å². The normalized spacial score (nSPS) is 12.3. The van der Waals surface area contributed by atoms with Gasteiger partial charge in [-0.1, -0.05) is 72.6 Å². The van der Waals surface area contributed by atoms with Gasteiger partial charge in [0, 0.05) is 33.1 Å². The van der Waals surface area contributed by atoms with Gasteiger partial charge in [-0.15, -0.1) is 0 Å². The van der Waals surface area contributed by atoms with Gasteiger partial charge in [-0.3, -0.25) is 9.59 Å². The second kappa shape index (κ2) is 11.1. The van der Waals surface area contributed by atoms with Gasteiger partial charge in [0.2, 0.25) is 5.91 Å². The molecule has 0 aromatic heterocycles. The van der Waals surface area contributed by atoms with Gasteiger partial charge in [0.25, 0.3) is 5.91 Å². The van der Waals surface area contributed by atoms with Crippen molar-refractivity contribution >= 4 is 45.8 Å². The van der Waals surface area contributed by atoms with E-state index in [1.165, 1.54) is 4.90 Å². The summed E-state index contributed by atoms with van der Waals surface area (Å²) in [7, 11) is 0.